The quantitative estimate of drug-likeness (QED) is 0.728. The zero-order valence-electron chi connectivity index (χ0n) is 8.01. The van der Waals surface area contributed by atoms with Crippen molar-refractivity contribution in [1.82, 2.24) is 5.43 Å². The molecule has 0 radical (unpaired) electrons. The van der Waals surface area contributed by atoms with Crippen LogP contribution in [0.3, 0.4) is 0 Å². The van der Waals surface area contributed by atoms with Crippen LogP contribution in [-0.2, 0) is 4.79 Å². The van der Waals surface area contributed by atoms with E-state index in [4.69, 9.17) is 4.42 Å². The first-order valence-electron chi connectivity index (χ1n) is 4.37. The first kappa shape index (κ1) is 9.97. The van der Waals surface area contributed by atoms with E-state index in [2.05, 4.69) is 15.5 Å². The molecule has 0 fully saturated rings. The first-order valence-corrected chi connectivity index (χ1v) is 5.25. The van der Waals surface area contributed by atoms with Gasteiger partial charge in [0.2, 0.25) is 5.17 Å². The number of amidine groups is 1. The number of aliphatic imine (C=N–C) groups is 1. The molecule has 0 spiro atoms. The molecule has 78 valence electrons. The summed E-state index contributed by atoms with van der Waals surface area (Å²) in [7, 11) is 0. The summed E-state index contributed by atoms with van der Waals surface area (Å²) in [6.45, 7) is 1.80. The summed E-state index contributed by atoms with van der Waals surface area (Å²) in [5.41, 5.74) is 2.40. The van der Waals surface area contributed by atoms with Crippen LogP contribution in [0, 0.1) is 0 Å². The van der Waals surface area contributed by atoms with Crippen molar-refractivity contribution in [2.45, 2.75) is 12.2 Å². The van der Waals surface area contributed by atoms with Gasteiger partial charge in [-0.05, 0) is 19.1 Å². The molecule has 1 aromatic heterocycles. The minimum absolute atomic E-state index is 0.100. The summed E-state index contributed by atoms with van der Waals surface area (Å²) < 4.78 is 5.07. The van der Waals surface area contributed by atoms with Gasteiger partial charge >= 0.3 is 0 Å². The Labute approximate surface area is 90.6 Å². The van der Waals surface area contributed by atoms with Gasteiger partial charge in [-0.25, -0.2) is 10.4 Å². The lowest BCUT2D eigenvalue weighted by Crippen LogP contribution is -2.32. The van der Waals surface area contributed by atoms with Gasteiger partial charge in [0.15, 0.2) is 0 Å². The van der Waals surface area contributed by atoms with Gasteiger partial charge in [-0.2, -0.15) is 0 Å². The maximum atomic E-state index is 11.1. The standard InChI is InChI=1S/C9H9N3O2S/c1-6-8(13)11-12-9(15-6)10-5-7-3-2-4-14-7/h2-6H,1H3,(H,11,13)/b10-5+. The molecule has 2 heterocycles. The highest BCUT2D eigenvalue weighted by Gasteiger charge is 2.20. The van der Waals surface area contributed by atoms with Gasteiger partial charge in [0.25, 0.3) is 5.91 Å². The number of nitrogens with one attached hydrogen (secondary N) is 1. The molecular formula is C9H9N3O2S. The molecule has 0 bridgehead atoms. The highest BCUT2D eigenvalue weighted by Crippen LogP contribution is 2.17. The summed E-state index contributed by atoms with van der Waals surface area (Å²) in [6.07, 6.45) is 3.14. The normalized spacial score (nSPS) is 21.5. The number of hydrazone groups is 1. The molecule has 0 aromatic carbocycles. The molecule has 6 heteroatoms. The van der Waals surface area contributed by atoms with Gasteiger partial charge < -0.3 is 4.42 Å². The summed E-state index contributed by atoms with van der Waals surface area (Å²) in [5.74, 6) is 0.555. The third-order valence-electron chi connectivity index (χ3n) is 1.76. The van der Waals surface area contributed by atoms with Crippen LogP contribution in [0.2, 0.25) is 0 Å². The van der Waals surface area contributed by atoms with Crippen molar-refractivity contribution in [1.29, 1.82) is 0 Å². The number of nitrogens with zero attached hydrogens (tertiary/aromatic N) is 2. The Balaban J connectivity index is 2.04. The molecule has 1 aliphatic heterocycles. The monoisotopic (exact) mass is 223 g/mol. The summed E-state index contributed by atoms with van der Waals surface area (Å²) >= 11 is 1.31. The summed E-state index contributed by atoms with van der Waals surface area (Å²) in [5, 5.41) is 4.17. The van der Waals surface area contributed by atoms with Gasteiger partial charge in [0.1, 0.15) is 5.76 Å². The lowest BCUT2D eigenvalue weighted by Gasteiger charge is -2.13. The fourth-order valence-electron chi connectivity index (χ4n) is 0.975. The number of furan rings is 1. The Kier molecular flexibility index (Phi) is 2.86. The second-order valence-electron chi connectivity index (χ2n) is 2.90. The molecule has 15 heavy (non-hydrogen) atoms. The second-order valence-corrected chi connectivity index (χ2v) is 4.21. The smallest absolute Gasteiger partial charge is 0.253 e. The van der Waals surface area contributed by atoms with Crippen LogP contribution in [0.15, 0.2) is 32.9 Å². The molecule has 1 aliphatic rings. The van der Waals surface area contributed by atoms with E-state index in [0.717, 1.165) is 0 Å². The molecule has 1 unspecified atom stereocenters. The Bertz CT molecular complexity index is 411. The van der Waals surface area contributed by atoms with Gasteiger partial charge in [-0.3, -0.25) is 4.79 Å². The molecule has 2 rings (SSSR count). The number of carbonyl (C=O) groups excluding carboxylic acids is 1. The summed E-state index contributed by atoms with van der Waals surface area (Å²) in [4.78, 5) is 15.2. The molecule has 0 saturated carbocycles. The van der Waals surface area contributed by atoms with E-state index >= 15 is 0 Å². The molecular weight excluding hydrogens is 214 g/mol. The van der Waals surface area contributed by atoms with Gasteiger partial charge in [-0.15, -0.1) is 5.10 Å². The van der Waals surface area contributed by atoms with Crippen LogP contribution in [-0.4, -0.2) is 22.5 Å². The molecule has 1 aromatic rings. The van der Waals surface area contributed by atoms with Crippen LogP contribution < -0.4 is 5.43 Å². The van der Waals surface area contributed by atoms with Crippen LogP contribution in [0.4, 0.5) is 0 Å². The minimum atomic E-state index is -0.161. The highest BCUT2D eigenvalue weighted by molar-refractivity contribution is 8.15. The number of hydrogen-bond donors (Lipinski definition) is 1. The van der Waals surface area contributed by atoms with Gasteiger partial charge in [0.05, 0.1) is 17.7 Å². The number of amides is 1. The average Bonchev–Trinajstić information content (AvgIpc) is 2.73. The van der Waals surface area contributed by atoms with E-state index in [-0.39, 0.29) is 11.2 Å². The maximum absolute atomic E-state index is 11.1. The largest absolute Gasteiger partial charge is 0.463 e. The molecule has 1 atom stereocenters. The fraction of sp³-hybridized carbons (Fsp3) is 0.222. The van der Waals surface area contributed by atoms with Crippen LogP contribution >= 0.6 is 11.8 Å². The second kappa shape index (κ2) is 4.31. The molecule has 0 saturated heterocycles. The van der Waals surface area contributed by atoms with Crippen molar-refractivity contribution in [2.24, 2.45) is 10.1 Å². The van der Waals surface area contributed by atoms with Crippen LogP contribution in [0.5, 0.6) is 0 Å². The predicted molar refractivity (Wildman–Crippen MR) is 58.9 cm³/mol. The van der Waals surface area contributed by atoms with Gasteiger partial charge in [-0.1, -0.05) is 11.8 Å². The van der Waals surface area contributed by atoms with Crippen LogP contribution in [0.25, 0.3) is 0 Å². The Morgan fingerprint density at radius 2 is 2.60 bits per heavy atom. The third-order valence-corrected chi connectivity index (χ3v) is 2.73. The SMILES string of the molecule is CC1SC(/N=C/c2ccco2)=NNC1=O. The molecule has 1 N–H and O–H groups in total. The molecule has 5 nitrogen and oxygen atoms in total. The van der Waals surface area contributed by atoms with E-state index < -0.39 is 0 Å². The molecule has 1 amide bonds. The lowest BCUT2D eigenvalue weighted by atomic mass is 10.5. The zero-order valence-corrected chi connectivity index (χ0v) is 8.82. The van der Waals surface area contributed by atoms with Crippen molar-refractivity contribution >= 4 is 29.1 Å². The van der Waals surface area contributed by atoms with Crippen molar-refractivity contribution in [3.63, 3.8) is 0 Å². The number of rotatable bonds is 1. The van der Waals surface area contributed by atoms with Crippen molar-refractivity contribution < 1.29 is 9.21 Å². The fourth-order valence-corrected chi connectivity index (χ4v) is 1.66. The lowest BCUT2D eigenvalue weighted by molar-refractivity contribution is -0.120. The van der Waals surface area contributed by atoms with Crippen LogP contribution in [0.1, 0.15) is 12.7 Å². The summed E-state index contributed by atoms with van der Waals surface area (Å²) in [6, 6.07) is 3.57. The number of carbonyl (C=O) groups is 1. The predicted octanol–water partition coefficient (Wildman–Crippen LogP) is 1.22. The minimum Gasteiger partial charge on any atom is -0.463 e. The van der Waals surface area contributed by atoms with E-state index in [1.807, 2.05) is 0 Å². The Morgan fingerprint density at radius 3 is 3.27 bits per heavy atom. The Hall–Kier alpha value is -1.56. The number of thioether (sulfide) groups is 1. The number of hydrogen-bond acceptors (Lipinski definition) is 5. The average molecular weight is 223 g/mol. The highest BCUT2D eigenvalue weighted by atomic mass is 32.2. The van der Waals surface area contributed by atoms with Gasteiger partial charge in [0, 0.05) is 0 Å². The Morgan fingerprint density at radius 1 is 1.73 bits per heavy atom. The van der Waals surface area contributed by atoms with Crippen molar-refractivity contribution in [2.75, 3.05) is 0 Å². The van der Waals surface area contributed by atoms with E-state index in [1.165, 1.54) is 11.8 Å². The maximum Gasteiger partial charge on any atom is 0.253 e. The topological polar surface area (TPSA) is 67.0 Å². The first-order chi connectivity index (χ1) is 7.25. The van der Waals surface area contributed by atoms with E-state index in [1.54, 1.807) is 31.5 Å². The van der Waals surface area contributed by atoms with Crippen molar-refractivity contribution in [3.8, 4) is 0 Å². The molecule has 0 aliphatic carbocycles. The van der Waals surface area contributed by atoms with Crippen molar-refractivity contribution in [3.05, 3.63) is 24.2 Å². The van der Waals surface area contributed by atoms with E-state index in [9.17, 15) is 4.79 Å². The van der Waals surface area contributed by atoms with E-state index in [0.29, 0.717) is 10.9 Å². The zero-order chi connectivity index (χ0) is 10.7. The third kappa shape index (κ3) is 2.47.